The third-order valence-corrected chi connectivity index (χ3v) is 3.93. The van der Waals surface area contributed by atoms with Gasteiger partial charge < -0.3 is 0 Å². The average molecular weight is 394 g/mol. The van der Waals surface area contributed by atoms with Crippen molar-refractivity contribution in [3.63, 3.8) is 0 Å². The Bertz CT molecular complexity index is 883. The summed E-state index contributed by atoms with van der Waals surface area (Å²) in [6.07, 6.45) is 1.73. The van der Waals surface area contributed by atoms with Gasteiger partial charge in [0.05, 0.1) is 6.21 Å². The van der Waals surface area contributed by atoms with Gasteiger partial charge in [-0.2, -0.15) is 14.9 Å². The number of halogens is 2. The number of hydrogen-bond donors (Lipinski definition) is 1. The van der Waals surface area contributed by atoms with Crippen molar-refractivity contribution < 1.29 is 0 Å². The molecule has 0 aliphatic carbocycles. The third kappa shape index (κ3) is 3.35. The molecule has 110 valence electrons. The molecular weight excluding hydrogens is 384 g/mol. The number of hydrogen-bond acceptors (Lipinski definition) is 3. The quantitative estimate of drug-likeness (QED) is 0.508. The molecule has 1 N–H and O–H groups in total. The summed E-state index contributed by atoms with van der Waals surface area (Å²) in [6, 6.07) is 15.2. The minimum atomic E-state index is 0.427. The summed E-state index contributed by atoms with van der Waals surface area (Å²) >= 11 is 14.6. The Morgan fingerprint density at radius 1 is 1.23 bits per heavy atom. The maximum Gasteiger partial charge on any atom is 0.216 e. The second-order valence-electron chi connectivity index (χ2n) is 4.47. The smallest absolute Gasteiger partial charge is 0.216 e. The lowest BCUT2D eigenvalue weighted by molar-refractivity contribution is 0.871. The Kier molecular flexibility index (Phi) is 4.52. The molecule has 1 heterocycles. The molecule has 2 aromatic carbocycles. The number of H-pyrrole nitrogens is 1. The first kappa shape index (κ1) is 15.1. The SMILES string of the molecule is S=c1[nH]nc(-c2ccc(Cl)cc2)n1/N=C/c1cccc(Br)c1. The summed E-state index contributed by atoms with van der Waals surface area (Å²) in [5, 5.41) is 12.1. The summed E-state index contributed by atoms with van der Waals surface area (Å²) in [6.45, 7) is 0. The van der Waals surface area contributed by atoms with Gasteiger partial charge in [0.1, 0.15) is 0 Å². The van der Waals surface area contributed by atoms with Crippen molar-refractivity contribution in [3.05, 3.63) is 68.4 Å². The molecule has 0 unspecified atom stereocenters. The topological polar surface area (TPSA) is 46.0 Å². The highest BCUT2D eigenvalue weighted by molar-refractivity contribution is 9.10. The Morgan fingerprint density at radius 2 is 2.00 bits per heavy atom. The van der Waals surface area contributed by atoms with Gasteiger partial charge in [0.2, 0.25) is 4.77 Å². The molecule has 0 bridgehead atoms. The zero-order valence-corrected chi connectivity index (χ0v) is 14.4. The second kappa shape index (κ2) is 6.56. The summed E-state index contributed by atoms with van der Waals surface area (Å²) in [4.78, 5) is 0. The van der Waals surface area contributed by atoms with E-state index < -0.39 is 0 Å². The molecule has 4 nitrogen and oxygen atoms in total. The van der Waals surface area contributed by atoms with Crippen LogP contribution in [0, 0.1) is 4.77 Å². The van der Waals surface area contributed by atoms with Gasteiger partial charge in [0.15, 0.2) is 5.82 Å². The van der Waals surface area contributed by atoms with Gasteiger partial charge in [-0.1, -0.05) is 39.7 Å². The molecule has 0 amide bonds. The van der Waals surface area contributed by atoms with Crippen molar-refractivity contribution in [2.24, 2.45) is 5.10 Å². The fraction of sp³-hybridized carbons (Fsp3) is 0. The van der Waals surface area contributed by atoms with Crippen molar-refractivity contribution in [2.75, 3.05) is 0 Å². The highest BCUT2D eigenvalue weighted by atomic mass is 79.9. The van der Waals surface area contributed by atoms with Crippen LogP contribution in [0.3, 0.4) is 0 Å². The van der Waals surface area contributed by atoms with Gasteiger partial charge in [-0.15, -0.1) is 0 Å². The zero-order chi connectivity index (χ0) is 15.5. The normalized spacial score (nSPS) is 11.2. The van der Waals surface area contributed by atoms with Crippen LogP contribution in [-0.4, -0.2) is 21.1 Å². The maximum atomic E-state index is 5.91. The van der Waals surface area contributed by atoms with E-state index in [1.165, 1.54) is 0 Å². The number of rotatable bonds is 3. The van der Waals surface area contributed by atoms with Crippen molar-refractivity contribution in [1.29, 1.82) is 0 Å². The summed E-state index contributed by atoms with van der Waals surface area (Å²) < 4.78 is 3.00. The Balaban J connectivity index is 1.99. The first-order valence-corrected chi connectivity index (χ1v) is 7.95. The Hall–Kier alpha value is -1.76. The molecule has 0 radical (unpaired) electrons. The number of nitrogens with one attached hydrogen (secondary N) is 1. The van der Waals surface area contributed by atoms with Gasteiger partial charge >= 0.3 is 0 Å². The highest BCUT2D eigenvalue weighted by Crippen LogP contribution is 2.20. The molecule has 0 fully saturated rings. The van der Waals surface area contributed by atoms with Crippen molar-refractivity contribution >= 4 is 46.0 Å². The van der Waals surface area contributed by atoms with Crippen LogP contribution in [0.25, 0.3) is 11.4 Å². The lowest BCUT2D eigenvalue weighted by atomic mass is 10.2. The Morgan fingerprint density at radius 3 is 2.73 bits per heavy atom. The lowest BCUT2D eigenvalue weighted by Crippen LogP contribution is -1.95. The van der Waals surface area contributed by atoms with Crippen LogP contribution in [0.1, 0.15) is 5.56 Å². The molecule has 0 spiro atoms. The molecule has 0 atom stereocenters. The number of aromatic nitrogens is 3. The van der Waals surface area contributed by atoms with Crippen LogP contribution < -0.4 is 0 Å². The third-order valence-electron chi connectivity index (χ3n) is 2.92. The van der Waals surface area contributed by atoms with Crippen LogP contribution in [0.5, 0.6) is 0 Å². The maximum absolute atomic E-state index is 5.91. The van der Waals surface area contributed by atoms with Crippen LogP contribution >= 0.6 is 39.7 Å². The van der Waals surface area contributed by atoms with E-state index in [1.807, 2.05) is 36.4 Å². The fourth-order valence-electron chi connectivity index (χ4n) is 1.90. The van der Waals surface area contributed by atoms with Gasteiger partial charge in [-0.05, 0) is 54.2 Å². The number of benzene rings is 2. The van der Waals surface area contributed by atoms with Gasteiger partial charge in [0.25, 0.3) is 0 Å². The molecular formula is C15H10BrClN4S. The molecule has 3 rings (SSSR count). The summed E-state index contributed by atoms with van der Waals surface area (Å²) in [5.74, 6) is 0.632. The zero-order valence-electron chi connectivity index (χ0n) is 11.2. The van der Waals surface area contributed by atoms with Crippen LogP contribution in [0.4, 0.5) is 0 Å². The predicted octanol–water partition coefficient (Wildman–Crippen LogP) is 4.91. The van der Waals surface area contributed by atoms with Crippen molar-refractivity contribution in [3.8, 4) is 11.4 Å². The van der Waals surface area contributed by atoms with Crippen LogP contribution in [0.2, 0.25) is 5.02 Å². The van der Waals surface area contributed by atoms with Crippen LogP contribution in [0.15, 0.2) is 58.1 Å². The monoisotopic (exact) mass is 392 g/mol. The molecule has 0 aliphatic rings. The molecule has 7 heteroatoms. The minimum absolute atomic E-state index is 0.427. The van der Waals surface area contributed by atoms with E-state index in [-0.39, 0.29) is 0 Å². The number of nitrogens with zero attached hydrogens (tertiary/aromatic N) is 3. The molecule has 1 aromatic heterocycles. The lowest BCUT2D eigenvalue weighted by Gasteiger charge is -2.01. The van der Waals surface area contributed by atoms with E-state index in [0.717, 1.165) is 15.6 Å². The van der Waals surface area contributed by atoms with E-state index >= 15 is 0 Å². The molecule has 0 saturated carbocycles. The van der Waals surface area contributed by atoms with E-state index in [4.69, 9.17) is 23.8 Å². The molecule has 0 aliphatic heterocycles. The van der Waals surface area contributed by atoms with E-state index in [0.29, 0.717) is 15.6 Å². The van der Waals surface area contributed by atoms with Crippen LogP contribution in [-0.2, 0) is 0 Å². The van der Waals surface area contributed by atoms with Gasteiger partial charge in [-0.25, -0.2) is 5.10 Å². The standard InChI is InChI=1S/C15H10BrClN4S/c16-12-3-1-2-10(8-12)9-18-21-14(19-20-15(21)22)11-4-6-13(17)7-5-11/h1-9H,(H,20,22)/b18-9+. The highest BCUT2D eigenvalue weighted by Gasteiger charge is 2.07. The van der Waals surface area contributed by atoms with Crippen molar-refractivity contribution in [1.82, 2.24) is 14.9 Å². The van der Waals surface area contributed by atoms with E-state index in [9.17, 15) is 0 Å². The molecule has 0 saturated heterocycles. The number of aromatic amines is 1. The molecule has 22 heavy (non-hydrogen) atoms. The first-order valence-electron chi connectivity index (χ1n) is 6.37. The van der Waals surface area contributed by atoms with E-state index in [1.54, 1.807) is 23.0 Å². The predicted molar refractivity (Wildman–Crippen MR) is 95.0 cm³/mol. The molecule has 3 aromatic rings. The van der Waals surface area contributed by atoms with Gasteiger partial charge in [0, 0.05) is 15.1 Å². The van der Waals surface area contributed by atoms with Crippen molar-refractivity contribution in [2.45, 2.75) is 0 Å². The van der Waals surface area contributed by atoms with Gasteiger partial charge in [-0.3, -0.25) is 0 Å². The largest absolute Gasteiger partial charge is 0.250 e. The first-order chi connectivity index (χ1) is 10.6. The summed E-state index contributed by atoms with van der Waals surface area (Å²) in [7, 11) is 0. The second-order valence-corrected chi connectivity index (χ2v) is 6.21. The Labute approximate surface area is 145 Å². The summed E-state index contributed by atoms with van der Waals surface area (Å²) in [5.41, 5.74) is 1.84. The fourth-order valence-corrected chi connectivity index (χ4v) is 2.62. The minimum Gasteiger partial charge on any atom is -0.250 e. The van der Waals surface area contributed by atoms with E-state index in [2.05, 4.69) is 31.2 Å². The average Bonchev–Trinajstić information content (AvgIpc) is 2.87.